The minimum Gasteiger partial charge on any atom is -0.497 e. The summed E-state index contributed by atoms with van der Waals surface area (Å²) in [6.45, 7) is 0.602. The minimum atomic E-state index is 0.127. The SMILES string of the molecule is COc1ccc(CN(C)C(=O)CSCc2nc3ccccc3s2)cc1. The average molecular weight is 373 g/mol. The van der Waals surface area contributed by atoms with Gasteiger partial charge in [0.25, 0.3) is 0 Å². The maximum atomic E-state index is 12.3. The van der Waals surface area contributed by atoms with E-state index in [4.69, 9.17) is 4.74 Å². The molecular weight excluding hydrogens is 352 g/mol. The highest BCUT2D eigenvalue weighted by Crippen LogP contribution is 2.24. The van der Waals surface area contributed by atoms with E-state index in [1.54, 1.807) is 35.1 Å². The first-order valence-electron chi connectivity index (χ1n) is 7.95. The Morgan fingerprint density at radius 3 is 2.68 bits per heavy atom. The second-order valence-electron chi connectivity index (χ2n) is 5.67. The number of carbonyl (C=O) groups is 1. The maximum Gasteiger partial charge on any atom is 0.232 e. The fourth-order valence-corrected chi connectivity index (χ4v) is 4.40. The van der Waals surface area contributed by atoms with Gasteiger partial charge in [-0.25, -0.2) is 4.98 Å². The maximum absolute atomic E-state index is 12.3. The second-order valence-corrected chi connectivity index (χ2v) is 7.77. The number of fused-ring (bicyclic) bond motifs is 1. The number of hydrogen-bond acceptors (Lipinski definition) is 5. The number of benzene rings is 2. The lowest BCUT2D eigenvalue weighted by Crippen LogP contribution is -2.27. The molecule has 1 heterocycles. The fourth-order valence-electron chi connectivity index (χ4n) is 2.41. The van der Waals surface area contributed by atoms with Crippen LogP contribution in [0.2, 0.25) is 0 Å². The van der Waals surface area contributed by atoms with E-state index in [9.17, 15) is 4.79 Å². The van der Waals surface area contributed by atoms with Gasteiger partial charge in [0.2, 0.25) is 5.91 Å². The molecule has 0 saturated carbocycles. The van der Waals surface area contributed by atoms with Crippen molar-refractivity contribution in [2.75, 3.05) is 19.9 Å². The Morgan fingerprint density at radius 2 is 1.96 bits per heavy atom. The van der Waals surface area contributed by atoms with Crippen LogP contribution in [-0.4, -0.2) is 35.7 Å². The quantitative estimate of drug-likeness (QED) is 0.623. The van der Waals surface area contributed by atoms with Crippen molar-refractivity contribution in [3.8, 4) is 5.75 Å². The molecule has 0 saturated heterocycles. The van der Waals surface area contributed by atoms with Crippen LogP contribution in [0.25, 0.3) is 10.2 Å². The topological polar surface area (TPSA) is 42.4 Å². The van der Waals surface area contributed by atoms with Crippen molar-refractivity contribution >= 4 is 39.2 Å². The average Bonchev–Trinajstić information content (AvgIpc) is 3.05. The molecule has 0 unspecified atom stereocenters. The molecule has 1 amide bonds. The predicted molar refractivity (Wildman–Crippen MR) is 105 cm³/mol. The van der Waals surface area contributed by atoms with E-state index in [0.29, 0.717) is 12.3 Å². The molecule has 0 radical (unpaired) electrons. The number of ether oxygens (including phenoxy) is 1. The molecule has 3 rings (SSSR count). The summed E-state index contributed by atoms with van der Waals surface area (Å²) >= 11 is 3.31. The number of para-hydroxylation sites is 1. The molecule has 0 aliphatic rings. The van der Waals surface area contributed by atoms with Gasteiger partial charge < -0.3 is 9.64 Å². The van der Waals surface area contributed by atoms with Crippen LogP contribution in [0.3, 0.4) is 0 Å². The van der Waals surface area contributed by atoms with Crippen LogP contribution in [0.1, 0.15) is 10.6 Å². The fraction of sp³-hybridized carbons (Fsp3) is 0.263. The zero-order chi connectivity index (χ0) is 17.6. The molecule has 130 valence electrons. The lowest BCUT2D eigenvalue weighted by atomic mass is 10.2. The van der Waals surface area contributed by atoms with E-state index in [1.165, 1.54) is 4.70 Å². The second kappa shape index (κ2) is 8.36. The van der Waals surface area contributed by atoms with Crippen LogP contribution in [0.15, 0.2) is 48.5 Å². The molecule has 4 nitrogen and oxygen atoms in total. The largest absolute Gasteiger partial charge is 0.497 e. The first-order valence-corrected chi connectivity index (χ1v) is 9.92. The van der Waals surface area contributed by atoms with Gasteiger partial charge in [0.05, 0.1) is 23.1 Å². The zero-order valence-corrected chi connectivity index (χ0v) is 15.9. The number of carbonyl (C=O) groups excluding carboxylic acids is 1. The molecule has 0 aliphatic heterocycles. The van der Waals surface area contributed by atoms with Gasteiger partial charge in [0.15, 0.2) is 0 Å². The Bertz CT molecular complexity index is 813. The number of amides is 1. The van der Waals surface area contributed by atoms with Gasteiger partial charge in [-0.3, -0.25) is 4.79 Å². The summed E-state index contributed by atoms with van der Waals surface area (Å²) in [5, 5.41) is 1.07. The van der Waals surface area contributed by atoms with Crippen molar-refractivity contribution in [1.29, 1.82) is 0 Å². The minimum absolute atomic E-state index is 0.127. The third-order valence-corrected chi connectivity index (χ3v) is 5.94. The molecule has 0 fully saturated rings. The molecular formula is C19H20N2O2S2. The summed E-state index contributed by atoms with van der Waals surface area (Å²) < 4.78 is 6.35. The van der Waals surface area contributed by atoms with Crippen molar-refractivity contribution < 1.29 is 9.53 Å². The molecule has 0 bridgehead atoms. The molecule has 3 aromatic rings. The van der Waals surface area contributed by atoms with Crippen LogP contribution >= 0.6 is 23.1 Å². The number of hydrogen-bond donors (Lipinski definition) is 0. The van der Waals surface area contributed by atoms with Crippen molar-refractivity contribution in [1.82, 2.24) is 9.88 Å². The molecule has 6 heteroatoms. The van der Waals surface area contributed by atoms with Crippen LogP contribution in [0, 0.1) is 0 Å². The summed E-state index contributed by atoms with van der Waals surface area (Å²) in [7, 11) is 3.48. The monoisotopic (exact) mass is 372 g/mol. The molecule has 0 atom stereocenters. The molecule has 2 aromatic carbocycles. The summed E-state index contributed by atoms with van der Waals surface area (Å²) in [6.07, 6.45) is 0. The molecule has 1 aromatic heterocycles. The van der Waals surface area contributed by atoms with Gasteiger partial charge in [0.1, 0.15) is 10.8 Å². The summed E-state index contributed by atoms with van der Waals surface area (Å²) in [4.78, 5) is 18.7. The standard InChI is InChI=1S/C19H20N2O2S2/c1-21(11-14-7-9-15(23-2)10-8-14)19(22)13-24-12-18-20-16-5-3-4-6-17(16)25-18/h3-10H,11-13H2,1-2H3. The first-order chi connectivity index (χ1) is 12.2. The van der Waals surface area contributed by atoms with Crippen molar-refractivity contribution in [3.05, 3.63) is 59.1 Å². The highest BCUT2D eigenvalue weighted by molar-refractivity contribution is 7.99. The van der Waals surface area contributed by atoms with Crippen LogP contribution < -0.4 is 4.74 Å². The normalized spacial score (nSPS) is 10.8. The lowest BCUT2D eigenvalue weighted by Gasteiger charge is -2.17. The van der Waals surface area contributed by atoms with Gasteiger partial charge in [-0.2, -0.15) is 0 Å². The summed E-state index contributed by atoms with van der Waals surface area (Å²) in [5.74, 6) is 2.18. The van der Waals surface area contributed by atoms with E-state index >= 15 is 0 Å². The Labute approximate surface area is 155 Å². The highest BCUT2D eigenvalue weighted by Gasteiger charge is 2.11. The number of methoxy groups -OCH3 is 1. The lowest BCUT2D eigenvalue weighted by molar-refractivity contribution is -0.127. The molecule has 25 heavy (non-hydrogen) atoms. The van der Waals surface area contributed by atoms with Gasteiger partial charge in [-0.05, 0) is 29.8 Å². The predicted octanol–water partition coefficient (Wildman–Crippen LogP) is 4.20. The van der Waals surface area contributed by atoms with Crippen LogP contribution in [0.4, 0.5) is 0 Å². The van der Waals surface area contributed by atoms with Crippen molar-refractivity contribution in [3.63, 3.8) is 0 Å². The van der Waals surface area contributed by atoms with E-state index in [-0.39, 0.29) is 5.91 Å². The third kappa shape index (κ3) is 4.74. The van der Waals surface area contributed by atoms with Gasteiger partial charge in [-0.1, -0.05) is 24.3 Å². The van der Waals surface area contributed by atoms with Gasteiger partial charge in [0, 0.05) is 19.3 Å². The molecule has 0 aliphatic carbocycles. The van der Waals surface area contributed by atoms with E-state index in [1.807, 2.05) is 49.5 Å². The van der Waals surface area contributed by atoms with Crippen LogP contribution in [0.5, 0.6) is 5.75 Å². The number of thioether (sulfide) groups is 1. The van der Waals surface area contributed by atoms with E-state index in [0.717, 1.165) is 27.6 Å². The van der Waals surface area contributed by atoms with Crippen molar-refractivity contribution in [2.24, 2.45) is 0 Å². The van der Waals surface area contributed by atoms with Crippen molar-refractivity contribution in [2.45, 2.75) is 12.3 Å². The van der Waals surface area contributed by atoms with Crippen LogP contribution in [-0.2, 0) is 17.1 Å². The highest BCUT2D eigenvalue weighted by atomic mass is 32.2. The summed E-state index contributed by atoms with van der Waals surface area (Å²) in [5.41, 5.74) is 2.12. The number of aromatic nitrogens is 1. The van der Waals surface area contributed by atoms with Gasteiger partial charge >= 0.3 is 0 Å². The zero-order valence-electron chi connectivity index (χ0n) is 14.3. The Balaban J connectivity index is 1.47. The number of thiazole rings is 1. The Morgan fingerprint density at radius 1 is 1.20 bits per heavy atom. The Kier molecular flexibility index (Phi) is 5.94. The van der Waals surface area contributed by atoms with E-state index < -0.39 is 0 Å². The van der Waals surface area contributed by atoms with E-state index in [2.05, 4.69) is 11.1 Å². The Hall–Kier alpha value is -2.05. The van der Waals surface area contributed by atoms with Gasteiger partial charge in [-0.15, -0.1) is 23.1 Å². The third-order valence-electron chi connectivity index (χ3n) is 3.79. The number of rotatable bonds is 7. The smallest absolute Gasteiger partial charge is 0.232 e. The molecule has 0 N–H and O–H groups in total. The molecule has 0 spiro atoms. The first kappa shape index (κ1) is 17.8. The summed E-state index contributed by atoms with van der Waals surface area (Å²) in [6, 6.07) is 15.9. The number of nitrogens with zero attached hydrogens (tertiary/aromatic N) is 2.